The summed E-state index contributed by atoms with van der Waals surface area (Å²) in [5.41, 5.74) is 0. The van der Waals surface area contributed by atoms with Crippen molar-refractivity contribution in [3.05, 3.63) is 0 Å². The molecule has 0 atom stereocenters. The first kappa shape index (κ1) is 11.2. The van der Waals surface area contributed by atoms with Crippen molar-refractivity contribution < 1.29 is 19.2 Å². The second kappa shape index (κ2) is 3.68. The Labute approximate surface area is 86.0 Å². The van der Waals surface area contributed by atoms with Gasteiger partial charge in [-0.3, -0.25) is 24.2 Å². The fourth-order valence-electron chi connectivity index (χ4n) is 1.28. The van der Waals surface area contributed by atoms with Crippen molar-refractivity contribution in [3.63, 3.8) is 0 Å². The molecule has 82 valence electrons. The monoisotopic (exact) mass is 213 g/mol. The second-order valence-corrected chi connectivity index (χ2v) is 3.12. The topological polar surface area (TPSA) is 86.8 Å². The van der Waals surface area contributed by atoms with E-state index in [1.54, 1.807) is 0 Å². The first-order chi connectivity index (χ1) is 6.91. The molecule has 5 amide bonds. The van der Waals surface area contributed by atoms with E-state index in [1.807, 2.05) is 0 Å². The zero-order valence-electron chi connectivity index (χ0n) is 8.60. The smallest absolute Gasteiger partial charge is 0.332 e. The fourth-order valence-corrected chi connectivity index (χ4v) is 1.28. The number of rotatable bonds is 1. The van der Waals surface area contributed by atoms with E-state index >= 15 is 0 Å². The van der Waals surface area contributed by atoms with Crippen molar-refractivity contribution in [2.45, 2.75) is 0 Å². The summed E-state index contributed by atoms with van der Waals surface area (Å²) in [7, 11) is 3.77. The highest BCUT2D eigenvalue weighted by atomic mass is 16.2. The van der Waals surface area contributed by atoms with Crippen LogP contribution in [0.3, 0.4) is 0 Å². The molecule has 0 saturated carbocycles. The summed E-state index contributed by atoms with van der Waals surface area (Å²) in [6, 6.07) is -0.731. The number of carbonyl (C=O) groups excluding carboxylic acids is 4. The number of amides is 5. The number of imide groups is 2. The van der Waals surface area contributed by atoms with Gasteiger partial charge in [0.2, 0.25) is 5.91 Å². The number of carbonyl (C=O) groups is 4. The lowest BCUT2D eigenvalue weighted by atomic mass is 10.0. The van der Waals surface area contributed by atoms with E-state index in [2.05, 4.69) is 5.32 Å². The van der Waals surface area contributed by atoms with Crippen LogP contribution in [0.4, 0.5) is 4.79 Å². The minimum Gasteiger partial charge on any atom is -0.358 e. The Hall–Kier alpha value is -1.92. The highest BCUT2D eigenvalue weighted by molar-refractivity contribution is 6.25. The van der Waals surface area contributed by atoms with Gasteiger partial charge in [-0.05, 0) is 0 Å². The fraction of sp³-hybridized carbons (Fsp3) is 0.500. The SMILES string of the molecule is CNC(=O)C1C(=O)N(C)C(=O)N(C)C1=O. The number of barbiturate groups is 1. The van der Waals surface area contributed by atoms with Crippen molar-refractivity contribution in [2.24, 2.45) is 5.92 Å². The quantitative estimate of drug-likeness (QED) is 0.531. The first-order valence-electron chi connectivity index (χ1n) is 4.22. The van der Waals surface area contributed by atoms with Gasteiger partial charge in [-0.1, -0.05) is 0 Å². The number of urea groups is 1. The van der Waals surface area contributed by atoms with E-state index in [9.17, 15) is 19.2 Å². The van der Waals surface area contributed by atoms with E-state index in [-0.39, 0.29) is 0 Å². The minimum absolute atomic E-state index is 0.712. The molecule has 0 aliphatic carbocycles. The Morgan fingerprint density at radius 2 is 1.53 bits per heavy atom. The Morgan fingerprint density at radius 3 is 1.87 bits per heavy atom. The molecule has 15 heavy (non-hydrogen) atoms. The molecule has 0 bridgehead atoms. The molecule has 7 heteroatoms. The number of hydrogen-bond donors (Lipinski definition) is 1. The predicted octanol–water partition coefficient (Wildman–Crippen LogP) is -1.60. The van der Waals surface area contributed by atoms with Crippen molar-refractivity contribution >= 4 is 23.8 Å². The number of nitrogens with zero attached hydrogens (tertiary/aromatic N) is 2. The Balaban J connectivity index is 3.08. The van der Waals surface area contributed by atoms with Crippen LogP contribution in [0.5, 0.6) is 0 Å². The molecule has 0 unspecified atom stereocenters. The van der Waals surface area contributed by atoms with E-state index in [4.69, 9.17) is 0 Å². The maximum atomic E-state index is 11.5. The summed E-state index contributed by atoms with van der Waals surface area (Å²) < 4.78 is 0. The lowest BCUT2D eigenvalue weighted by Gasteiger charge is -2.31. The summed E-state index contributed by atoms with van der Waals surface area (Å²) in [6.07, 6.45) is 0. The first-order valence-corrected chi connectivity index (χ1v) is 4.22. The van der Waals surface area contributed by atoms with Gasteiger partial charge in [-0.25, -0.2) is 4.79 Å². The second-order valence-electron chi connectivity index (χ2n) is 3.12. The lowest BCUT2D eigenvalue weighted by Crippen LogP contribution is -2.60. The van der Waals surface area contributed by atoms with Crippen molar-refractivity contribution in [1.82, 2.24) is 15.1 Å². The van der Waals surface area contributed by atoms with Gasteiger partial charge in [0, 0.05) is 21.1 Å². The van der Waals surface area contributed by atoms with E-state index < -0.39 is 29.7 Å². The third-order valence-corrected chi connectivity index (χ3v) is 2.24. The Kier molecular flexibility index (Phi) is 2.74. The number of nitrogens with one attached hydrogen (secondary N) is 1. The molecular weight excluding hydrogens is 202 g/mol. The van der Waals surface area contributed by atoms with E-state index in [1.165, 1.54) is 21.1 Å². The van der Waals surface area contributed by atoms with Crippen LogP contribution in [0.1, 0.15) is 0 Å². The largest absolute Gasteiger partial charge is 0.358 e. The van der Waals surface area contributed by atoms with E-state index in [0.29, 0.717) is 0 Å². The molecule has 1 rings (SSSR count). The van der Waals surface area contributed by atoms with Crippen LogP contribution in [-0.4, -0.2) is 54.7 Å². The van der Waals surface area contributed by atoms with Crippen LogP contribution < -0.4 is 5.32 Å². The van der Waals surface area contributed by atoms with Crippen LogP contribution >= 0.6 is 0 Å². The molecule has 1 aliphatic rings. The van der Waals surface area contributed by atoms with Gasteiger partial charge in [0.1, 0.15) is 0 Å². The molecule has 0 aromatic carbocycles. The van der Waals surface area contributed by atoms with Crippen molar-refractivity contribution in [2.75, 3.05) is 21.1 Å². The van der Waals surface area contributed by atoms with Crippen molar-refractivity contribution in [1.29, 1.82) is 0 Å². The zero-order valence-corrected chi connectivity index (χ0v) is 8.60. The molecule has 1 saturated heterocycles. The van der Waals surface area contributed by atoms with Gasteiger partial charge in [0.15, 0.2) is 5.92 Å². The van der Waals surface area contributed by atoms with Gasteiger partial charge in [0.05, 0.1) is 0 Å². The maximum Gasteiger partial charge on any atom is 0.332 e. The summed E-state index contributed by atoms with van der Waals surface area (Å²) in [6.45, 7) is 0. The average molecular weight is 213 g/mol. The highest BCUT2D eigenvalue weighted by Gasteiger charge is 2.46. The molecule has 1 aliphatic heterocycles. The van der Waals surface area contributed by atoms with Crippen LogP contribution in [0, 0.1) is 5.92 Å². The molecule has 1 N–H and O–H groups in total. The molecule has 0 aromatic rings. The van der Waals surface area contributed by atoms with Crippen molar-refractivity contribution in [3.8, 4) is 0 Å². The molecular formula is C8H11N3O4. The average Bonchev–Trinajstić information content (AvgIpc) is 2.23. The predicted molar refractivity (Wildman–Crippen MR) is 48.5 cm³/mol. The number of hydrogen-bond acceptors (Lipinski definition) is 4. The van der Waals surface area contributed by atoms with Crippen LogP contribution in [0.2, 0.25) is 0 Å². The van der Waals surface area contributed by atoms with Gasteiger partial charge >= 0.3 is 6.03 Å². The summed E-state index contributed by atoms with van der Waals surface area (Å²) in [5, 5.41) is 2.21. The highest BCUT2D eigenvalue weighted by Crippen LogP contribution is 2.14. The third kappa shape index (κ3) is 1.56. The van der Waals surface area contributed by atoms with Crippen LogP contribution in [0.15, 0.2) is 0 Å². The minimum atomic E-state index is -1.46. The van der Waals surface area contributed by atoms with Gasteiger partial charge < -0.3 is 5.32 Å². The van der Waals surface area contributed by atoms with E-state index in [0.717, 1.165) is 9.80 Å². The molecule has 1 heterocycles. The molecule has 7 nitrogen and oxygen atoms in total. The molecule has 0 spiro atoms. The standard InChI is InChI=1S/C8H11N3O4/c1-9-5(12)4-6(13)10(2)8(15)11(3)7(4)14/h4H,1-3H3,(H,9,12). The van der Waals surface area contributed by atoms with Crippen LogP contribution in [-0.2, 0) is 14.4 Å². The summed E-state index contributed by atoms with van der Waals surface area (Å²) in [5.74, 6) is -3.77. The summed E-state index contributed by atoms with van der Waals surface area (Å²) in [4.78, 5) is 47.0. The normalized spacial score (nSPS) is 18.5. The third-order valence-electron chi connectivity index (χ3n) is 2.24. The van der Waals surface area contributed by atoms with Gasteiger partial charge in [-0.2, -0.15) is 0 Å². The Bertz CT molecular complexity index is 328. The molecule has 1 fully saturated rings. The zero-order chi connectivity index (χ0) is 11.7. The lowest BCUT2D eigenvalue weighted by molar-refractivity contribution is -0.152. The van der Waals surface area contributed by atoms with Gasteiger partial charge in [0.25, 0.3) is 11.8 Å². The molecule has 0 radical (unpaired) electrons. The maximum absolute atomic E-state index is 11.5. The molecule has 0 aromatic heterocycles. The van der Waals surface area contributed by atoms with Crippen LogP contribution in [0.25, 0.3) is 0 Å². The Morgan fingerprint density at radius 1 is 1.13 bits per heavy atom. The summed E-state index contributed by atoms with van der Waals surface area (Å²) >= 11 is 0. The van der Waals surface area contributed by atoms with Gasteiger partial charge in [-0.15, -0.1) is 0 Å².